The van der Waals surface area contributed by atoms with Gasteiger partial charge in [-0.3, -0.25) is 4.79 Å². The molecule has 0 saturated heterocycles. The van der Waals surface area contributed by atoms with Gasteiger partial charge in [0.15, 0.2) is 0 Å². The second-order valence-electron chi connectivity index (χ2n) is 3.59. The zero-order valence-corrected chi connectivity index (χ0v) is 10.5. The average Bonchev–Trinajstić information content (AvgIpc) is 2.31. The van der Waals surface area contributed by atoms with Gasteiger partial charge in [0, 0.05) is 6.08 Å². The zero-order chi connectivity index (χ0) is 13.3. The number of carbonyl (C=O) groups excluding carboxylic acids is 1. The minimum absolute atomic E-state index is 0.0314. The topological polar surface area (TPSA) is 75.7 Å². The molecule has 0 aliphatic heterocycles. The van der Waals surface area contributed by atoms with Crippen LogP contribution in [0.2, 0.25) is 5.02 Å². The highest BCUT2D eigenvalue weighted by Crippen LogP contribution is 2.28. The smallest absolute Gasteiger partial charge is 0.203 e. The first-order valence-electron chi connectivity index (χ1n) is 4.93. The van der Waals surface area contributed by atoms with Gasteiger partial charge in [-0.05, 0) is 24.3 Å². The molecule has 6 heteroatoms. The van der Waals surface area contributed by atoms with Gasteiger partial charge in [0.2, 0.25) is 5.78 Å². The first kappa shape index (κ1) is 12.7. The average molecular weight is 283 g/mol. The van der Waals surface area contributed by atoms with Crippen LogP contribution >= 0.6 is 23.2 Å². The number of ketones is 1. The van der Waals surface area contributed by atoms with Gasteiger partial charge in [-0.2, -0.15) is 0 Å². The molecule has 1 aliphatic carbocycles. The van der Waals surface area contributed by atoms with Crippen molar-refractivity contribution in [1.29, 1.82) is 0 Å². The molecular formula is C12H8Cl2N2O2. The summed E-state index contributed by atoms with van der Waals surface area (Å²) in [6.07, 6.45) is 2.60. The number of nitrogens with two attached hydrogens (primary N) is 1. The fourth-order valence-corrected chi connectivity index (χ4v) is 1.72. The van der Waals surface area contributed by atoms with Gasteiger partial charge in [0.05, 0.1) is 27.2 Å². The number of hydrogen-bond acceptors (Lipinski definition) is 4. The van der Waals surface area contributed by atoms with Crippen molar-refractivity contribution in [2.75, 3.05) is 0 Å². The Hall–Kier alpha value is -1.78. The molecule has 3 N–H and O–H groups in total. The molecule has 0 unspecified atom stereocenters. The van der Waals surface area contributed by atoms with Crippen LogP contribution in [-0.2, 0) is 4.79 Å². The number of benzene rings is 1. The number of rotatable bonds is 1. The van der Waals surface area contributed by atoms with Crippen LogP contribution in [0.15, 0.2) is 46.1 Å². The Morgan fingerprint density at radius 2 is 1.94 bits per heavy atom. The number of hydrogen-bond donors (Lipinski definition) is 2. The largest absolute Gasteiger partial charge is 0.506 e. The van der Waals surface area contributed by atoms with Gasteiger partial charge < -0.3 is 10.8 Å². The molecule has 0 bridgehead atoms. The van der Waals surface area contributed by atoms with Crippen LogP contribution in [0.25, 0.3) is 0 Å². The molecule has 4 nitrogen and oxygen atoms in total. The Balaban J connectivity index is 2.42. The molecule has 1 aromatic carbocycles. The Morgan fingerprint density at radius 3 is 2.61 bits per heavy atom. The van der Waals surface area contributed by atoms with E-state index >= 15 is 0 Å². The summed E-state index contributed by atoms with van der Waals surface area (Å²) < 4.78 is 0. The Kier molecular flexibility index (Phi) is 3.41. The summed E-state index contributed by atoms with van der Waals surface area (Å²) in [6, 6.07) is 4.47. The van der Waals surface area contributed by atoms with Gasteiger partial charge in [-0.25, -0.2) is 4.99 Å². The predicted molar refractivity (Wildman–Crippen MR) is 71.4 cm³/mol. The molecule has 0 amide bonds. The van der Waals surface area contributed by atoms with Crippen molar-refractivity contribution in [3.05, 3.63) is 46.1 Å². The van der Waals surface area contributed by atoms with Crippen molar-refractivity contribution in [3.63, 3.8) is 0 Å². The first-order chi connectivity index (χ1) is 8.47. The number of phenols is 1. The van der Waals surface area contributed by atoms with Gasteiger partial charge in [0.1, 0.15) is 5.75 Å². The highest BCUT2D eigenvalue weighted by molar-refractivity contribution is 6.48. The van der Waals surface area contributed by atoms with Crippen LogP contribution in [0.1, 0.15) is 0 Å². The standard InChI is InChI=1S/C12H8Cl2N2O2/c13-7-4-12(18)9(15)5-10(7)16-6-1-2-11(17)8(14)3-6/h1-5,17H,15H2. The molecule has 0 radical (unpaired) electrons. The maximum absolute atomic E-state index is 11.2. The minimum Gasteiger partial charge on any atom is -0.506 e. The number of nitrogens with zero attached hydrogens (tertiary/aromatic N) is 1. The summed E-state index contributed by atoms with van der Waals surface area (Å²) in [6.45, 7) is 0. The fourth-order valence-electron chi connectivity index (χ4n) is 1.35. The van der Waals surface area contributed by atoms with Gasteiger partial charge >= 0.3 is 0 Å². The maximum Gasteiger partial charge on any atom is 0.203 e. The minimum atomic E-state index is -0.345. The van der Waals surface area contributed by atoms with Crippen LogP contribution in [-0.4, -0.2) is 16.6 Å². The molecule has 2 rings (SSSR count). The Labute approximate surface area is 113 Å². The van der Waals surface area contributed by atoms with E-state index in [1.54, 1.807) is 6.07 Å². The van der Waals surface area contributed by atoms with E-state index in [4.69, 9.17) is 28.9 Å². The van der Waals surface area contributed by atoms with Crippen molar-refractivity contribution in [1.82, 2.24) is 0 Å². The third kappa shape index (κ3) is 2.55. The van der Waals surface area contributed by atoms with E-state index in [0.29, 0.717) is 11.4 Å². The number of phenolic OH excluding ortho intramolecular Hbond substituents is 1. The SMILES string of the molecule is NC1=CC(=Nc2ccc(O)c(Cl)c2)C(Cl)=CC1=O. The van der Waals surface area contributed by atoms with E-state index < -0.39 is 0 Å². The number of carbonyl (C=O) groups is 1. The third-order valence-corrected chi connectivity index (χ3v) is 2.87. The van der Waals surface area contributed by atoms with Crippen molar-refractivity contribution < 1.29 is 9.90 Å². The van der Waals surface area contributed by atoms with E-state index in [1.807, 2.05) is 0 Å². The molecule has 0 atom stereocenters. The predicted octanol–water partition coefficient (Wildman–Crippen LogP) is 2.67. The summed E-state index contributed by atoms with van der Waals surface area (Å²) >= 11 is 11.6. The van der Waals surface area contributed by atoms with Crippen molar-refractivity contribution >= 4 is 40.4 Å². The van der Waals surface area contributed by atoms with Crippen LogP contribution in [0.5, 0.6) is 5.75 Å². The lowest BCUT2D eigenvalue weighted by Gasteiger charge is -2.08. The van der Waals surface area contributed by atoms with Gasteiger partial charge in [0.25, 0.3) is 0 Å². The highest BCUT2D eigenvalue weighted by atomic mass is 35.5. The van der Waals surface area contributed by atoms with E-state index in [0.717, 1.165) is 0 Å². The monoisotopic (exact) mass is 282 g/mol. The van der Waals surface area contributed by atoms with E-state index in [-0.39, 0.29) is 27.3 Å². The van der Waals surface area contributed by atoms with E-state index in [1.165, 1.54) is 24.3 Å². The Morgan fingerprint density at radius 1 is 1.22 bits per heavy atom. The molecule has 0 heterocycles. The van der Waals surface area contributed by atoms with Crippen LogP contribution < -0.4 is 5.73 Å². The third-order valence-electron chi connectivity index (χ3n) is 2.26. The summed E-state index contributed by atoms with van der Waals surface area (Å²) in [5.74, 6) is -0.376. The molecule has 0 saturated carbocycles. The fraction of sp³-hybridized carbons (Fsp3) is 0. The molecule has 0 fully saturated rings. The maximum atomic E-state index is 11.2. The van der Waals surface area contributed by atoms with Gasteiger partial charge in [-0.1, -0.05) is 23.2 Å². The summed E-state index contributed by atoms with van der Waals surface area (Å²) in [7, 11) is 0. The zero-order valence-electron chi connectivity index (χ0n) is 9.02. The second kappa shape index (κ2) is 4.84. The van der Waals surface area contributed by atoms with E-state index in [9.17, 15) is 9.90 Å². The first-order valence-corrected chi connectivity index (χ1v) is 5.69. The quantitative estimate of drug-likeness (QED) is 0.778. The van der Waals surface area contributed by atoms with Crippen LogP contribution in [0.4, 0.5) is 5.69 Å². The van der Waals surface area contributed by atoms with E-state index in [2.05, 4.69) is 4.99 Å². The van der Waals surface area contributed by atoms with Crippen LogP contribution in [0, 0.1) is 0 Å². The summed E-state index contributed by atoms with van der Waals surface area (Å²) in [5, 5.41) is 9.67. The van der Waals surface area contributed by atoms with Crippen LogP contribution in [0.3, 0.4) is 0 Å². The second-order valence-corrected chi connectivity index (χ2v) is 4.40. The lowest BCUT2D eigenvalue weighted by atomic mass is 10.1. The molecule has 1 aliphatic rings. The van der Waals surface area contributed by atoms with Crippen molar-refractivity contribution in [2.24, 2.45) is 10.7 Å². The molecule has 92 valence electrons. The molecular weight excluding hydrogens is 275 g/mol. The molecule has 0 aromatic heterocycles. The molecule has 18 heavy (non-hydrogen) atoms. The normalized spacial score (nSPS) is 17.7. The van der Waals surface area contributed by atoms with Crippen molar-refractivity contribution in [3.8, 4) is 5.75 Å². The number of halogens is 2. The Bertz CT molecular complexity index is 619. The van der Waals surface area contributed by atoms with Gasteiger partial charge in [-0.15, -0.1) is 0 Å². The highest BCUT2D eigenvalue weighted by Gasteiger charge is 2.15. The van der Waals surface area contributed by atoms with Crippen molar-refractivity contribution in [2.45, 2.75) is 0 Å². The summed E-state index contributed by atoms with van der Waals surface area (Å²) in [5.41, 5.74) is 6.44. The number of aliphatic imine (C=N–C) groups is 1. The molecule has 1 aromatic rings. The lowest BCUT2D eigenvalue weighted by Crippen LogP contribution is -2.16. The number of aromatic hydroxyl groups is 1. The summed E-state index contributed by atoms with van der Waals surface area (Å²) in [4.78, 5) is 15.4. The molecule has 0 spiro atoms. The number of allylic oxidation sites excluding steroid dienone is 3. The lowest BCUT2D eigenvalue weighted by molar-refractivity contribution is -0.111.